The van der Waals surface area contributed by atoms with Gasteiger partial charge in [-0.25, -0.2) is 0 Å². The third-order valence-electron chi connectivity index (χ3n) is 5.80. The highest BCUT2D eigenvalue weighted by Gasteiger charge is 2.23. The third kappa shape index (κ3) is 4.87. The van der Waals surface area contributed by atoms with Gasteiger partial charge in [0.25, 0.3) is 5.91 Å². The van der Waals surface area contributed by atoms with Gasteiger partial charge in [-0.2, -0.15) is 0 Å². The Bertz CT molecular complexity index is 847. The lowest BCUT2D eigenvalue weighted by atomic mass is 10.0. The Balaban J connectivity index is 1.47. The van der Waals surface area contributed by atoms with Gasteiger partial charge in [-0.15, -0.1) is 0 Å². The molecule has 6 nitrogen and oxygen atoms in total. The first-order chi connectivity index (χ1) is 14.7. The second kappa shape index (κ2) is 9.85. The van der Waals surface area contributed by atoms with Gasteiger partial charge in [0.05, 0.1) is 26.4 Å². The zero-order valence-electron chi connectivity index (χ0n) is 17.6. The fourth-order valence-electron chi connectivity index (χ4n) is 4.11. The predicted molar refractivity (Wildman–Crippen MR) is 116 cm³/mol. The van der Waals surface area contributed by atoms with E-state index in [1.807, 2.05) is 18.2 Å². The number of hydrogen-bond acceptors (Lipinski definition) is 5. The zero-order chi connectivity index (χ0) is 20.8. The van der Waals surface area contributed by atoms with Crippen molar-refractivity contribution in [2.45, 2.75) is 31.7 Å². The molecule has 2 aliphatic rings. The molecule has 1 saturated heterocycles. The third-order valence-corrected chi connectivity index (χ3v) is 5.80. The first-order valence-corrected chi connectivity index (χ1v) is 10.8. The number of fused-ring (bicyclic) bond motifs is 1. The Hall–Kier alpha value is -2.73. The van der Waals surface area contributed by atoms with Gasteiger partial charge in [-0.05, 0) is 61.8 Å². The van der Waals surface area contributed by atoms with E-state index in [1.54, 1.807) is 19.2 Å². The molecule has 4 rings (SSSR count). The van der Waals surface area contributed by atoms with Crippen molar-refractivity contribution in [2.75, 3.05) is 40.0 Å². The first kappa shape index (κ1) is 20.5. The number of ether oxygens (including phenoxy) is 3. The van der Waals surface area contributed by atoms with Crippen LogP contribution in [0.25, 0.3) is 0 Å². The summed E-state index contributed by atoms with van der Waals surface area (Å²) in [4.78, 5) is 15.4. The lowest BCUT2D eigenvalue weighted by Crippen LogP contribution is -2.40. The minimum absolute atomic E-state index is 0.0961. The number of nitrogens with zero attached hydrogens (tertiary/aromatic N) is 1. The normalized spacial score (nSPS) is 17.6. The van der Waals surface area contributed by atoms with Gasteiger partial charge in [0.1, 0.15) is 5.75 Å². The summed E-state index contributed by atoms with van der Waals surface area (Å²) in [7, 11) is 1.67. The molecular formula is C24H30N2O4. The number of nitrogens with one attached hydrogen (secondary N) is 1. The van der Waals surface area contributed by atoms with Crippen LogP contribution in [-0.4, -0.2) is 50.8 Å². The predicted octanol–water partition coefficient (Wildman–Crippen LogP) is 3.81. The fraction of sp³-hybridized carbons (Fsp3) is 0.458. The van der Waals surface area contributed by atoms with Crippen LogP contribution in [-0.2, 0) is 0 Å². The van der Waals surface area contributed by atoms with Crippen molar-refractivity contribution in [1.82, 2.24) is 10.2 Å². The molecular weight excluding hydrogens is 380 g/mol. The van der Waals surface area contributed by atoms with E-state index in [0.29, 0.717) is 36.8 Å². The van der Waals surface area contributed by atoms with Gasteiger partial charge in [-0.3, -0.25) is 9.69 Å². The molecule has 160 valence electrons. The summed E-state index contributed by atoms with van der Waals surface area (Å²) in [5.41, 5.74) is 1.78. The Morgan fingerprint density at radius 2 is 1.73 bits per heavy atom. The minimum Gasteiger partial charge on any atom is -0.497 e. The van der Waals surface area contributed by atoms with Crippen molar-refractivity contribution in [3.05, 3.63) is 53.6 Å². The Kier molecular flexibility index (Phi) is 6.74. The molecule has 2 aromatic carbocycles. The second-order valence-electron chi connectivity index (χ2n) is 7.81. The van der Waals surface area contributed by atoms with E-state index >= 15 is 0 Å². The van der Waals surface area contributed by atoms with Crippen LogP contribution in [0.1, 0.15) is 47.6 Å². The van der Waals surface area contributed by atoms with Gasteiger partial charge in [0.2, 0.25) is 0 Å². The maximum absolute atomic E-state index is 12.9. The number of piperidine rings is 1. The summed E-state index contributed by atoms with van der Waals surface area (Å²) < 4.78 is 16.7. The molecule has 2 heterocycles. The molecule has 30 heavy (non-hydrogen) atoms. The standard InChI is InChI=1S/C24H30N2O4/c1-28-20-9-6-18(7-10-20)21(26-12-3-2-4-13-26)17-25-24(27)19-8-11-22-23(16-19)30-15-5-14-29-22/h6-11,16,21H,2-5,12-15,17H2,1H3,(H,25,27)/t21-/m0/s1. The number of rotatable bonds is 6. The van der Waals surface area contributed by atoms with Crippen LogP contribution in [0.15, 0.2) is 42.5 Å². The van der Waals surface area contributed by atoms with Gasteiger partial charge in [0, 0.05) is 18.5 Å². The average molecular weight is 411 g/mol. The van der Waals surface area contributed by atoms with Crippen LogP contribution in [0.4, 0.5) is 0 Å². The van der Waals surface area contributed by atoms with Gasteiger partial charge in [-0.1, -0.05) is 18.6 Å². The van der Waals surface area contributed by atoms with E-state index < -0.39 is 0 Å². The SMILES string of the molecule is COc1ccc([C@H](CNC(=O)c2ccc3c(c2)OCCCO3)N2CCCCC2)cc1. The Morgan fingerprint density at radius 3 is 2.47 bits per heavy atom. The number of methoxy groups -OCH3 is 1. The van der Waals surface area contributed by atoms with Crippen molar-refractivity contribution in [3.63, 3.8) is 0 Å². The molecule has 1 N–H and O–H groups in total. The van der Waals surface area contributed by atoms with E-state index in [1.165, 1.54) is 24.8 Å². The van der Waals surface area contributed by atoms with Crippen molar-refractivity contribution in [3.8, 4) is 17.2 Å². The first-order valence-electron chi connectivity index (χ1n) is 10.8. The van der Waals surface area contributed by atoms with Crippen LogP contribution >= 0.6 is 0 Å². The summed E-state index contributed by atoms with van der Waals surface area (Å²) >= 11 is 0. The summed E-state index contributed by atoms with van der Waals surface area (Å²) in [6.45, 7) is 3.90. The number of benzene rings is 2. The molecule has 6 heteroatoms. The molecule has 2 aliphatic heterocycles. The number of likely N-dealkylation sites (tertiary alicyclic amines) is 1. The average Bonchev–Trinajstić information content (AvgIpc) is 3.05. The minimum atomic E-state index is -0.0961. The molecule has 1 fully saturated rings. The lowest BCUT2D eigenvalue weighted by molar-refractivity contribution is 0.0924. The summed E-state index contributed by atoms with van der Waals surface area (Å²) in [5.74, 6) is 2.09. The molecule has 1 amide bonds. The summed E-state index contributed by atoms with van der Waals surface area (Å²) in [6.07, 6.45) is 4.51. The number of amides is 1. The smallest absolute Gasteiger partial charge is 0.251 e. The van der Waals surface area contributed by atoms with Crippen LogP contribution < -0.4 is 19.5 Å². The van der Waals surface area contributed by atoms with E-state index in [2.05, 4.69) is 22.3 Å². The molecule has 2 aromatic rings. The van der Waals surface area contributed by atoms with E-state index in [-0.39, 0.29) is 11.9 Å². The van der Waals surface area contributed by atoms with Crippen molar-refractivity contribution < 1.29 is 19.0 Å². The van der Waals surface area contributed by atoms with Crippen LogP contribution in [0.2, 0.25) is 0 Å². The van der Waals surface area contributed by atoms with E-state index in [0.717, 1.165) is 25.3 Å². The quantitative estimate of drug-likeness (QED) is 0.785. The Labute approximate surface area is 178 Å². The summed E-state index contributed by atoms with van der Waals surface area (Å²) in [6, 6.07) is 13.7. The van der Waals surface area contributed by atoms with E-state index in [9.17, 15) is 4.79 Å². The number of carbonyl (C=O) groups is 1. The molecule has 0 aliphatic carbocycles. The highest BCUT2D eigenvalue weighted by Crippen LogP contribution is 2.31. The maximum atomic E-state index is 12.9. The molecule has 0 saturated carbocycles. The number of carbonyl (C=O) groups excluding carboxylic acids is 1. The van der Waals surface area contributed by atoms with Gasteiger partial charge >= 0.3 is 0 Å². The largest absolute Gasteiger partial charge is 0.497 e. The van der Waals surface area contributed by atoms with Crippen LogP contribution in [0.3, 0.4) is 0 Å². The second-order valence-corrected chi connectivity index (χ2v) is 7.81. The lowest BCUT2D eigenvalue weighted by Gasteiger charge is -2.35. The molecule has 1 atom stereocenters. The zero-order valence-corrected chi connectivity index (χ0v) is 17.6. The Morgan fingerprint density at radius 1 is 1.00 bits per heavy atom. The fourth-order valence-corrected chi connectivity index (χ4v) is 4.11. The highest BCUT2D eigenvalue weighted by molar-refractivity contribution is 5.94. The maximum Gasteiger partial charge on any atom is 0.251 e. The van der Waals surface area contributed by atoms with Crippen molar-refractivity contribution >= 4 is 5.91 Å². The van der Waals surface area contributed by atoms with Gasteiger partial charge < -0.3 is 19.5 Å². The van der Waals surface area contributed by atoms with Gasteiger partial charge in [0.15, 0.2) is 11.5 Å². The molecule has 0 radical (unpaired) electrons. The molecule has 0 spiro atoms. The topological polar surface area (TPSA) is 60.0 Å². The van der Waals surface area contributed by atoms with Crippen LogP contribution in [0.5, 0.6) is 17.2 Å². The highest BCUT2D eigenvalue weighted by atomic mass is 16.5. The molecule has 0 unspecified atom stereocenters. The molecule has 0 aromatic heterocycles. The van der Waals surface area contributed by atoms with E-state index in [4.69, 9.17) is 14.2 Å². The monoisotopic (exact) mass is 410 g/mol. The number of hydrogen-bond donors (Lipinski definition) is 1. The van der Waals surface area contributed by atoms with Crippen molar-refractivity contribution in [1.29, 1.82) is 0 Å². The van der Waals surface area contributed by atoms with Crippen LogP contribution in [0, 0.1) is 0 Å². The molecule has 0 bridgehead atoms. The summed E-state index contributed by atoms with van der Waals surface area (Å²) in [5, 5.41) is 3.14. The van der Waals surface area contributed by atoms with Crippen molar-refractivity contribution in [2.24, 2.45) is 0 Å².